The number of hydrogen-bond donors (Lipinski definition) is 0. The molecule has 1 aromatic heterocycles. The first-order valence-electron chi connectivity index (χ1n) is 7.91. The highest BCUT2D eigenvalue weighted by Crippen LogP contribution is 2.27. The van der Waals surface area contributed by atoms with Gasteiger partial charge in [0.25, 0.3) is 0 Å². The lowest BCUT2D eigenvalue weighted by atomic mass is 10.1. The van der Waals surface area contributed by atoms with Crippen LogP contribution in [0.5, 0.6) is 5.75 Å². The Labute approximate surface area is 149 Å². The zero-order chi connectivity index (χ0) is 18.3. The van der Waals surface area contributed by atoms with Gasteiger partial charge < -0.3 is 8.60 Å². The van der Waals surface area contributed by atoms with Crippen molar-refractivity contribution >= 4 is 31.9 Å². The van der Waals surface area contributed by atoms with E-state index in [9.17, 15) is 13.2 Å². The van der Waals surface area contributed by atoms with Gasteiger partial charge in [-0.25, -0.2) is 4.79 Å². The van der Waals surface area contributed by atoms with E-state index in [1.165, 1.54) is 24.3 Å². The summed E-state index contributed by atoms with van der Waals surface area (Å²) in [6.45, 7) is 1.87. The molecule has 0 unspecified atom stereocenters. The maximum atomic E-state index is 12.4. The average Bonchev–Trinajstić information content (AvgIpc) is 2.62. The third kappa shape index (κ3) is 2.84. The molecule has 0 atom stereocenters. The average molecular weight is 366 g/mol. The topological polar surface area (TPSA) is 73.6 Å². The Balaban J connectivity index is 1.81. The summed E-state index contributed by atoms with van der Waals surface area (Å²) in [5.41, 5.74) is 0.877. The van der Waals surface area contributed by atoms with Crippen molar-refractivity contribution in [2.24, 2.45) is 0 Å². The highest BCUT2D eigenvalue weighted by atomic mass is 32.2. The Hall–Kier alpha value is -3.12. The molecule has 4 aromatic rings. The van der Waals surface area contributed by atoms with E-state index < -0.39 is 15.7 Å². The van der Waals surface area contributed by atoms with Gasteiger partial charge in [0.2, 0.25) is 0 Å². The summed E-state index contributed by atoms with van der Waals surface area (Å²) in [7, 11) is -3.99. The van der Waals surface area contributed by atoms with Gasteiger partial charge in [0.15, 0.2) is 0 Å². The molecular formula is C20H14O5S. The zero-order valence-corrected chi connectivity index (χ0v) is 14.6. The van der Waals surface area contributed by atoms with Gasteiger partial charge in [-0.1, -0.05) is 35.9 Å². The van der Waals surface area contributed by atoms with Crippen LogP contribution in [0.3, 0.4) is 0 Å². The Bertz CT molecular complexity index is 1290. The van der Waals surface area contributed by atoms with Crippen LogP contribution in [0.2, 0.25) is 0 Å². The van der Waals surface area contributed by atoms with Gasteiger partial charge in [0, 0.05) is 10.8 Å². The summed E-state index contributed by atoms with van der Waals surface area (Å²) >= 11 is 0. The van der Waals surface area contributed by atoms with Crippen LogP contribution in [0.25, 0.3) is 21.7 Å². The third-order valence-corrected chi connectivity index (χ3v) is 5.37. The fourth-order valence-electron chi connectivity index (χ4n) is 2.79. The second-order valence-electron chi connectivity index (χ2n) is 5.94. The van der Waals surface area contributed by atoms with Crippen molar-refractivity contribution in [3.05, 3.63) is 82.7 Å². The molecule has 26 heavy (non-hydrogen) atoms. The van der Waals surface area contributed by atoms with E-state index in [0.29, 0.717) is 11.0 Å². The Kier molecular flexibility index (Phi) is 3.77. The van der Waals surface area contributed by atoms with Crippen LogP contribution in [0.1, 0.15) is 5.56 Å². The van der Waals surface area contributed by atoms with Gasteiger partial charge in [0.1, 0.15) is 16.2 Å². The number of benzene rings is 3. The van der Waals surface area contributed by atoms with Gasteiger partial charge in [-0.05, 0) is 43.3 Å². The van der Waals surface area contributed by atoms with Crippen LogP contribution in [-0.2, 0) is 10.1 Å². The van der Waals surface area contributed by atoms with Crippen molar-refractivity contribution in [3.8, 4) is 5.75 Å². The van der Waals surface area contributed by atoms with Gasteiger partial charge in [-0.15, -0.1) is 0 Å². The first-order chi connectivity index (χ1) is 12.4. The summed E-state index contributed by atoms with van der Waals surface area (Å²) in [6.07, 6.45) is 0. The normalized spacial score (nSPS) is 11.7. The predicted octanol–water partition coefficient (Wildman–Crippen LogP) is 4.02. The van der Waals surface area contributed by atoms with E-state index in [2.05, 4.69) is 0 Å². The largest absolute Gasteiger partial charge is 0.422 e. The van der Waals surface area contributed by atoms with Crippen LogP contribution < -0.4 is 9.81 Å². The van der Waals surface area contributed by atoms with Gasteiger partial charge >= 0.3 is 15.7 Å². The molecule has 0 spiro atoms. The highest BCUT2D eigenvalue weighted by Gasteiger charge is 2.17. The second kappa shape index (κ2) is 6.00. The minimum absolute atomic E-state index is 0.0498. The highest BCUT2D eigenvalue weighted by molar-refractivity contribution is 7.87. The molecule has 5 nitrogen and oxygen atoms in total. The molecule has 0 saturated heterocycles. The number of rotatable bonds is 3. The summed E-state index contributed by atoms with van der Waals surface area (Å²) in [4.78, 5) is 12.3. The smallest absolute Gasteiger partial charge is 0.344 e. The number of hydrogen-bond acceptors (Lipinski definition) is 5. The van der Waals surface area contributed by atoms with E-state index in [4.69, 9.17) is 8.60 Å². The maximum Gasteiger partial charge on any atom is 0.344 e. The van der Waals surface area contributed by atoms with Crippen LogP contribution in [0, 0.1) is 6.92 Å². The maximum absolute atomic E-state index is 12.4. The zero-order valence-electron chi connectivity index (χ0n) is 13.8. The number of fused-ring (bicyclic) bond motifs is 3. The fraction of sp³-hybridized carbons (Fsp3) is 0.0500. The molecule has 0 N–H and O–H groups in total. The predicted molar refractivity (Wildman–Crippen MR) is 99.0 cm³/mol. The van der Waals surface area contributed by atoms with E-state index >= 15 is 0 Å². The first-order valence-corrected chi connectivity index (χ1v) is 9.32. The van der Waals surface area contributed by atoms with E-state index in [-0.39, 0.29) is 16.0 Å². The monoisotopic (exact) mass is 366 g/mol. The molecular weight excluding hydrogens is 352 g/mol. The van der Waals surface area contributed by atoms with Crippen molar-refractivity contribution in [1.82, 2.24) is 0 Å². The molecule has 0 radical (unpaired) electrons. The van der Waals surface area contributed by atoms with Gasteiger partial charge in [-0.3, -0.25) is 0 Å². The van der Waals surface area contributed by atoms with Gasteiger partial charge in [0.05, 0.1) is 5.39 Å². The second-order valence-corrected chi connectivity index (χ2v) is 7.49. The van der Waals surface area contributed by atoms with Crippen LogP contribution in [-0.4, -0.2) is 8.42 Å². The quantitative estimate of drug-likeness (QED) is 0.311. The van der Waals surface area contributed by atoms with Crippen molar-refractivity contribution in [3.63, 3.8) is 0 Å². The van der Waals surface area contributed by atoms with E-state index in [1.807, 2.05) is 19.1 Å². The molecule has 1 heterocycles. The lowest BCUT2D eigenvalue weighted by Crippen LogP contribution is -2.10. The molecule has 0 aliphatic heterocycles. The van der Waals surface area contributed by atoms with Crippen LogP contribution in [0.4, 0.5) is 0 Å². The summed E-state index contributed by atoms with van der Waals surface area (Å²) in [6, 6.07) is 18.1. The Morgan fingerprint density at radius 1 is 0.846 bits per heavy atom. The van der Waals surface area contributed by atoms with Crippen molar-refractivity contribution in [2.45, 2.75) is 11.8 Å². The lowest BCUT2D eigenvalue weighted by Gasteiger charge is -2.08. The molecule has 0 bridgehead atoms. The van der Waals surface area contributed by atoms with Crippen LogP contribution in [0.15, 0.2) is 80.8 Å². The fourth-order valence-corrected chi connectivity index (χ4v) is 3.71. The third-order valence-electron chi connectivity index (χ3n) is 4.11. The Morgan fingerprint density at radius 2 is 1.58 bits per heavy atom. The molecule has 0 aliphatic rings. The summed E-state index contributed by atoms with van der Waals surface area (Å²) in [5.74, 6) is 0.0562. The molecule has 4 rings (SSSR count). The Morgan fingerprint density at radius 3 is 2.35 bits per heavy atom. The number of para-hydroxylation sites is 1. The molecule has 130 valence electrons. The minimum Gasteiger partial charge on any atom is -0.422 e. The van der Waals surface area contributed by atoms with Crippen molar-refractivity contribution in [2.75, 3.05) is 0 Å². The standard InChI is InChI=1S/C20H14O5S/c1-13-6-9-15(10-7-13)26(22,23)25-14-8-11-16-17-4-2-3-5-19(17)24-20(21)18(16)12-14/h2-12H,1H3. The number of aryl methyl sites for hydroxylation is 1. The molecule has 0 saturated carbocycles. The van der Waals surface area contributed by atoms with E-state index in [0.717, 1.165) is 10.9 Å². The molecule has 3 aromatic carbocycles. The van der Waals surface area contributed by atoms with E-state index in [1.54, 1.807) is 30.3 Å². The van der Waals surface area contributed by atoms with Gasteiger partial charge in [-0.2, -0.15) is 8.42 Å². The molecule has 0 amide bonds. The van der Waals surface area contributed by atoms with Crippen molar-refractivity contribution < 1.29 is 17.0 Å². The molecule has 6 heteroatoms. The lowest BCUT2D eigenvalue weighted by molar-refractivity contribution is 0.486. The van der Waals surface area contributed by atoms with Crippen molar-refractivity contribution in [1.29, 1.82) is 0 Å². The minimum atomic E-state index is -3.99. The SMILES string of the molecule is Cc1ccc(S(=O)(=O)Oc2ccc3c(c2)c(=O)oc2ccccc23)cc1. The summed E-state index contributed by atoms with van der Waals surface area (Å²) in [5, 5.41) is 1.72. The molecule has 0 fully saturated rings. The first kappa shape index (κ1) is 16.4. The summed E-state index contributed by atoms with van der Waals surface area (Å²) < 4.78 is 35.3. The van der Waals surface area contributed by atoms with Crippen LogP contribution >= 0.6 is 0 Å². The molecule has 0 aliphatic carbocycles.